The maximum Gasteiger partial charge on any atom is 0.254 e. The molecule has 1 amide bonds. The highest BCUT2D eigenvalue weighted by atomic mass is 16.5. The van der Waals surface area contributed by atoms with E-state index in [1.807, 2.05) is 29.2 Å². The van der Waals surface area contributed by atoms with Gasteiger partial charge in [0.2, 0.25) is 0 Å². The third kappa shape index (κ3) is 4.31. The summed E-state index contributed by atoms with van der Waals surface area (Å²) in [7, 11) is 0. The molecule has 126 valence electrons. The maximum atomic E-state index is 12.8. The maximum absolute atomic E-state index is 12.8. The van der Waals surface area contributed by atoms with Crippen molar-refractivity contribution in [1.82, 2.24) is 10.2 Å². The van der Waals surface area contributed by atoms with E-state index < -0.39 is 0 Å². The summed E-state index contributed by atoms with van der Waals surface area (Å²) in [6.45, 7) is 6.52. The molecule has 3 rings (SSSR count). The minimum Gasteiger partial charge on any atom is -0.381 e. The molecule has 2 aliphatic rings. The molecule has 1 N–H and O–H groups in total. The van der Waals surface area contributed by atoms with Gasteiger partial charge < -0.3 is 19.7 Å². The molecule has 23 heavy (non-hydrogen) atoms. The molecule has 2 aliphatic heterocycles. The van der Waals surface area contributed by atoms with E-state index in [0.717, 1.165) is 56.8 Å². The van der Waals surface area contributed by atoms with Crippen LogP contribution in [0.1, 0.15) is 35.7 Å². The number of nitrogens with zero attached hydrogens (tertiary/aromatic N) is 1. The molecule has 0 unspecified atom stereocenters. The molecule has 2 heterocycles. The molecule has 1 aromatic rings. The Morgan fingerprint density at radius 1 is 1.35 bits per heavy atom. The van der Waals surface area contributed by atoms with Crippen LogP contribution in [0.4, 0.5) is 0 Å². The molecule has 0 aromatic heterocycles. The Morgan fingerprint density at radius 3 is 2.91 bits per heavy atom. The zero-order valence-corrected chi connectivity index (χ0v) is 13.8. The van der Waals surface area contributed by atoms with Crippen LogP contribution in [-0.2, 0) is 16.1 Å². The van der Waals surface area contributed by atoms with Gasteiger partial charge in [-0.05, 0) is 31.4 Å². The highest BCUT2D eigenvalue weighted by Crippen LogP contribution is 2.18. The number of rotatable bonds is 4. The Bertz CT molecular complexity index is 529. The molecule has 0 bridgehead atoms. The monoisotopic (exact) mass is 318 g/mol. The Balaban J connectivity index is 1.65. The zero-order valence-electron chi connectivity index (χ0n) is 13.8. The number of benzene rings is 1. The summed E-state index contributed by atoms with van der Waals surface area (Å²) in [6, 6.07) is 8.16. The van der Waals surface area contributed by atoms with Gasteiger partial charge in [0.1, 0.15) is 0 Å². The van der Waals surface area contributed by atoms with Gasteiger partial charge in [0, 0.05) is 44.5 Å². The first-order chi connectivity index (χ1) is 11.2. The van der Waals surface area contributed by atoms with E-state index in [9.17, 15) is 4.79 Å². The quantitative estimate of drug-likeness (QED) is 0.920. The van der Waals surface area contributed by atoms with Crippen LogP contribution in [0.15, 0.2) is 24.3 Å². The van der Waals surface area contributed by atoms with Crippen molar-refractivity contribution in [2.24, 2.45) is 0 Å². The van der Waals surface area contributed by atoms with Crippen LogP contribution >= 0.6 is 0 Å². The fourth-order valence-electron chi connectivity index (χ4n) is 3.19. The Hall–Kier alpha value is -1.43. The number of hydrogen-bond donors (Lipinski definition) is 1. The number of carbonyl (C=O) groups excluding carboxylic acids is 1. The van der Waals surface area contributed by atoms with Crippen LogP contribution < -0.4 is 5.32 Å². The second-order valence-corrected chi connectivity index (χ2v) is 6.39. The summed E-state index contributed by atoms with van der Waals surface area (Å²) in [6.07, 6.45) is 2.11. The van der Waals surface area contributed by atoms with Crippen molar-refractivity contribution < 1.29 is 14.3 Å². The van der Waals surface area contributed by atoms with Crippen LogP contribution in [0.3, 0.4) is 0 Å². The Kier molecular flexibility index (Phi) is 5.65. The van der Waals surface area contributed by atoms with Crippen LogP contribution in [0.25, 0.3) is 0 Å². The lowest BCUT2D eigenvalue weighted by Crippen LogP contribution is -2.51. The minimum absolute atomic E-state index is 0.115. The fraction of sp³-hybridized carbons (Fsp3) is 0.611. The topological polar surface area (TPSA) is 50.8 Å². The summed E-state index contributed by atoms with van der Waals surface area (Å²) >= 11 is 0. The standard InChI is InChI=1S/C18H26N2O3/c1-14-12-20(9-8-19-14)18(21)17-5-3-2-4-15(17)13-23-16-6-10-22-11-7-16/h2-5,14,16,19H,6-13H2,1H3/t14-/m1/s1. The number of piperazine rings is 1. The van der Waals surface area contributed by atoms with E-state index in [1.165, 1.54) is 0 Å². The average molecular weight is 318 g/mol. The van der Waals surface area contributed by atoms with Gasteiger partial charge in [-0.1, -0.05) is 18.2 Å². The Morgan fingerprint density at radius 2 is 2.13 bits per heavy atom. The van der Waals surface area contributed by atoms with Gasteiger partial charge in [0.05, 0.1) is 12.7 Å². The van der Waals surface area contributed by atoms with Crippen molar-refractivity contribution in [2.75, 3.05) is 32.8 Å². The van der Waals surface area contributed by atoms with Crippen molar-refractivity contribution in [1.29, 1.82) is 0 Å². The normalized spacial score (nSPS) is 23.0. The summed E-state index contributed by atoms with van der Waals surface area (Å²) in [5.41, 5.74) is 1.75. The summed E-state index contributed by atoms with van der Waals surface area (Å²) in [5, 5.41) is 3.37. The largest absolute Gasteiger partial charge is 0.381 e. The highest BCUT2D eigenvalue weighted by Gasteiger charge is 2.23. The highest BCUT2D eigenvalue weighted by molar-refractivity contribution is 5.95. The first-order valence-electron chi connectivity index (χ1n) is 8.54. The van der Waals surface area contributed by atoms with Crippen LogP contribution in [0.5, 0.6) is 0 Å². The smallest absolute Gasteiger partial charge is 0.254 e. The van der Waals surface area contributed by atoms with Gasteiger partial charge >= 0.3 is 0 Å². The molecule has 0 saturated carbocycles. The number of ether oxygens (including phenoxy) is 2. The number of amides is 1. The predicted octanol–water partition coefficient (Wildman–Crippen LogP) is 1.82. The molecule has 0 spiro atoms. The SMILES string of the molecule is C[C@@H]1CN(C(=O)c2ccccc2COC2CCOCC2)CCN1. The van der Waals surface area contributed by atoms with Crippen molar-refractivity contribution in [3.05, 3.63) is 35.4 Å². The summed E-state index contributed by atoms with van der Waals surface area (Å²) in [5.74, 6) is 0.115. The molecular formula is C18H26N2O3. The molecule has 5 heteroatoms. The second-order valence-electron chi connectivity index (χ2n) is 6.39. The van der Waals surface area contributed by atoms with Crippen molar-refractivity contribution in [2.45, 2.75) is 38.5 Å². The van der Waals surface area contributed by atoms with E-state index in [4.69, 9.17) is 9.47 Å². The Labute approximate surface area is 137 Å². The fourth-order valence-corrected chi connectivity index (χ4v) is 3.19. The van der Waals surface area contributed by atoms with Crippen molar-refractivity contribution >= 4 is 5.91 Å². The second kappa shape index (κ2) is 7.90. The van der Waals surface area contributed by atoms with E-state index in [2.05, 4.69) is 12.2 Å². The molecule has 0 aliphatic carbocycles. The predicted molar refractivity (Wildman–Crippen MR) is 88.4 cm³/mol. The van der Waals surface area contributed by atoms with E-state index in [-0.39, 0.29) is 12.0 Å². The van der Waals surface area contributed by atoms with Crippen LogP contribution in [0, 0.1) is 0 Å². The molecule has 5 nitrogen and oxygen atoms in total. The molecule has 1 atom stereocenters. The third-order valence-electron chi connectivity index (χ3n) is 4.55. The molecule has 1 aromatic carbocycles. The van der Waals surface area contributed by atoms with E-state index in [0.29, 0.717) is 12.6 Å². The lowest BCUT2D eigenvalue weighted by Gasteiger charge is -2.32. The van der Waals surface area contributed by atoms with Crippen molar-refractivity contribution in [3.8, 4) is 0 Å². The number of carbonyl (C=O) groups is 1. The third-order valence-corrected chi connectivity index (χ3v) is 4.55. The number of nitrogens with one attached hydrogen (secondary N) is 1. The molecule has 2 fully saturated rings. The van der Waals surface area contributed by atoms with Gasteiger partial charge in [0.15, 0.2) is 0 Å². The minimum atomic E-state index is 0.115. The lowest BCUT2D eigenvalue weighted by atomic mass is 10.1. The van der Waals surface area contributed by atoms with Crippen molar-refractivity contribution in [3.63, 3.8) is 0 Å². The average Bonchev–Trinajstić information content (AvgIpc) is 2.60. The zero-order chi connectivity index (χ0) is 16.1. The van der Waals surface area contributed by atoms with Crippen LogP contribution in [0.2, 0.25) is 0 Å². The van der Waals surface area contributed by atoms with Gasteiger partial charge in [-0.15, -0.1) is 0 Å². The van der Waals surface area contributed by atoms with Gasteiger partial charge in [-0.25, -0.2) is 0 Å². The van der Waals surface area contributed by atoms with Crippen LogP contribution in [-0.4, -0.2) is 55.8 Å². The molecule has 2 saturated heterocycles. The number of hydrogen-bond acceptors (Lipinski definition) is 4. The molecular weight excluding hydrogens is 292 g/mol. The van der Waals surface area contributed by atoms with Gasteiger partial charge in [-0.3, -0.25) is 4.79 Å². The lowest BCUT2D eigenvalue weighted by molar-refractivity contribution is -0.0392. The van der Waals surface area contributed by atoms with Gasteiger partial charge in [0.25, 0.3) is 5.91 Å². The molecule has 0 radical (unpaired) electrons. The van der Waals surface area contributed by atoms with Gasteiger partial charge in [-0.2, -0.15) is 0 Å². The summed E-state index contributed by atoms with van der Waals surface area (Å²) < 4.78 is 11.4. The van der Waals surface area contributed by atoms with E-state index in [1.54, 1.807) is 0 Å². The summed E-state index contributed by atoms with van der Waals surface area (Å²) in [4.78, 5) is 14.8. The first kappa shape index (κ1) is 16.4. The van der Waals surface area contributed by atoms with E-state index >= 15 is 0 Å². The first-order valence-corrected chi connectivity index (χ1v) is 8.54.